The maximum atomic E-state index is 12.1. The average molecular weight is 148 g/mol. The summed E-state index contributed by atoms with van der Waals surface area (Å²) in [6.45, 7) is 5.40. The van der Waals surface area contributed by atoms with Gasteiger partial charge in [0.1, 0.15) is 0 Å². The minimum atomic E-state index is -2.91. The Morgan fingerprint density at radius 1 is 1.60 bits per heavy atom. The molecule has 0 bridgehead atoms. The Kier molecular flexibility index (Phi) is 2.69. The summed E-state index contributed by atoms with van der Waals surface area (Å²) in [5.41, 5.74) is 0.182. The number of allylic oxidation sites excluding steroid dienone is 1. The van der Waals surface area contributed by atoms with E-state index in [4.69, 9.17) is 0 Å². The fourth-order valence-corrected chi connectivity index (χ4v) is 0.433. The lowest BCUT2D eigenvalue weighted by molar-refractivity contribution is -0.121. The molecule has 0 atom stereocenters. The van der Waals surface area contributed by atoms with Crippen LogP contribution in [-0.2, 0) is 4.79 Å². The highest BCUT2D eigenvalue weighted by molar-refractivity contribution is 5.94. The highest BCUT2D eigenvalue weighted by atomic mass is 19.3. The Morgan fingerprint density at radius 2 is 2.00 bits per heavy atom. The Bertz CT molecular complexity index is 155. The molecule has 0 aromatic rings. The van der Waals surface area contributed by atoms with E-state index in [0.717, 1.165) is 0 Å². The molecule has 0 radical (unpaired) electrons. The van der Waals surface area contributed by atoms with Crippen molar-refractivity contribution in [1.29, 1.82) is 0 Å². The van der Waals surface area contributed by atoms with Gasteiger partial charge in [-0.05, 0) is 19.4 Å². The Morgan fingerprint density at radius 3 is 2.10 bits per heavy atom. The first-order chi connectivity index (χ1) is 4.33. The molecule has 0 aromatic heterocycles. The zero-order valence-corrected chi connectivity index (χ0v) is 6.08. The quantitative estimate of drug-likeness (QED) is 0.560. The highest BCUT2D eigenvalue weighted by Crippen LogP contribution is 2.18. The standard InChI is InChI=1S/C7H10F2O/c1-5(2)6(10)4-7(3,8)9/h1,4H2,2-3H3. The van der Waals surface area contributed by atoms with E-state index in [1.165, 1.54) is 6.92 Å². The number of ketones is 1. The van der Waals surface area contributed by atoms with Crippen molar-refractivity contribution in [3.8, 4) is 0 Å². The van der Waals surface area contributed by atoms with Gasteiger partial charge >= 0.3 is 0 Å². The third-order valence-corrected chi connectivity index (χ3v) is 0.947. The van der Waals surface area contributed by atoms with Crippen molar-refractivity contribution < 1.29 is 13.6 Å². The maximum absolute atomic E-state index is 12.1. The Labute approximate surface area is 58.7 Å². The van der Waals surface area contributed by atoms with Crippen LogP contribution in [0.5, 0.6) is 0 Å². The number of alkyl halides is 2. The Balaban J connectivity index is 3.93. The van der Waals surface area contributed by atoms with Crippen LogP contribution in [0, 0.1) is 0 Å². The maximum Gasteiger partial charge on any atom is 0.252 e. The molecule has 0 aliphatic heterocycles. The topological polar surface area (TPSA) is 17.1 Å². The van der Waals surface area contributed by atoms with E-state index >= 15 is 0 Å². The first-order valence-corrected chi connectivity index (χ1v) is 2.89. The van der Waals surface area contributed by atoms with Crippen molar-refractivity contribution in [3.05, 3.63) is 12.2 Å². The third kappa shape index (κ3) is 4.18. The monoisotopic (exact) mass is 148 g/mol. The minimum Gasteiger partial charge on any atom is -0.294 e. The molecule has 0 saturated heterocycles. The molecule has 0 fully saturated rings. The van der Waals surface area contributed by atoms with Gasteiger partial charge in [0.2, 0.25) is 0 Å². The molecule has 0 rings (SSSR count). The number of Topliss-reactive ketones (excluding diaryl/α,β-unsaturated/α-hetero) is 1. The predicted octanol–water partition coefficient (Wildman–Crippen LogP) is 2.18. The summed E-state index contributed by atoms with van der Waals surface area (Å²) in [6.07, 6.45) is -0.734. The van der Waals surface area contributed by atoms with Gasteiger partial charge in [0.05, 0.1) is 6.42 Å². The predicted molar refractivity (Wildman–Crippen MR) is 35.1 cm³/mol. The molecular weight excluding hydrogens is 138 g/mol. The van der Waals surface area contributed by atoms with E-state index in [1.54, 1.807) is 0 Å². The summed E-state index contributed by atoms with van der Waals surface area (Å²) >= 11 is 0. The van der Waals surface area contributed by atoms with Crippen LogP contribution >= 0.6 is 0 Å². The molecule has 10 heavy (non-hydrogen) atoms. The van der Waals surface area contributed by atoms with Crippen molar-refractivity contribution in [3.63, 3.8) is 0 Å². The zero-order valence-electron chi connectivity index (χ0n) is 6.08. The number of halogens is 2. The highest BCUT2D eigenvalue weighted by Gasteiger charge is 2.25. The third-order valence-electron chi connectivity index (χ3n) is 0.947. The number of hydrogen-bond donors (Lipinski definition) is 0. The first-order valence-electron chi connectivity index (χ1n) is 2.89. The van der Waals surface area contributed by atoms with Gasteiger partial charge in [-0.2, -0.15) is 0 Å². The van der Waals surface area contributed by atoms with E-state index in [1.807, 2.05) is 0 Å². The lowest BCUT2D eigenvalue weighted by Gasteiger charge is -2.07. The molecule has 0 saturated carbocycles. The van der Waals surface area contributed by atoms with E-state index in [0.29, 0.717) is 6.92 Å². The summed E-state index contributed by atoms with van der Waals surface area (Å²) in [5.74, 6) is -3.48. The van der Waals surface area contributed by atoms with Gasteiger partial charge in [0.15, 0.2) is 5.78 Å². The van der Waals surface area contributed by atoms with Gasteiger partial charge in [-0.25, -0.2) is 8.78 Å². The van der Waals surface area contributed by atoms with Gasteiger partial charge in [0.25, 0.3) is 5.92 Å². The van der Waals surface area contributed by atoms with Gasteiger partial charge < -0.3 is 0 Å². The second kappa shape index (κ2) is 2.90. The van der Waals surface area contributed by atoms with Crippen LogP contribution < -0.4 is 0 Å². The smallest absolute Gasteiger partial charge is 0.252 e. The van der Waals surface area contributed by atoms with E-state index < -0.39 is 18.1 Å². The molecule has 0 unspecified atom stereocenters. The van der Waals surface area contributed by atoms with Gasteiger partial charge in [-0.1, -0.05) is 6.58 Å². The van der Waals surface area contributed by atoms with Crippen LogP contribution in [0.25, 0.3) is 0 Å². The molecule has 0 heterocycles. The fraction of sp³-hybridized carbons (Fsp3) is 0.571. The Hall–Kier alpha value is -0.730. The van der Waals surface area contributed by atoms with Crippen molar-refractivity contribution in [2.75, 3.05) is 0 Å². The molecule has 3 heteroatoms. The average Bonchev–Trinajstić information content (AvgIpc) is 1.60. The van der Waals surface area contributed by atoms with Crippen molar-refractivity contribution in [2.45, 2.75) is 26.2 Å². The van der Waals surface area contributed by atoms with Crippen LogP contribution in [-0.4, -0.2) is 11.7 Å². The second-order valence-electron chi connectivity index (χ2n) is 2.45. The van der Waals surface area contributed by atoms with Crippen molar-refractivity contribution >= 4 is 5.78 Å². The van der Waals surface area contributed by atoms with Crippen LogP contribution in [0.2, 0.25) is 0 Å². The van der Waals surface area contributed by atoms with E-state index in [9.17, 15) is 13.6 Å². The summed E-state index contributed by atoms with van der Waals surface area (Å²) < 4.78 is 24.1. The first kappa shape index (κ1) is 9.27. The lowest BCUT2D eigenvalue weighted by Crippen LogP contribution is -2.16. The molecular formula is C7H10F2O. The van der Waals surface area contributed by atoms with Crippen molar-refractivity contribution in [1.82, 2.24) is 0 Å². The zero-order chi connectivity index (χ0) is 8.36. The van der Waals surface area contributed by atoms with Gasteiger partial charge in [0, 0.05) is 0 Å². The SMILES string of the molecule is C=C(C)C(=O)CC(C)(F)F. The van der Waals surface area contributed by atoms with Gasteiger partial charge in [-0.15, -0.1) is 0 Å². The normalized spacial score (nSPS) is 11.2. The molecule has 0 spiro atoms. The molecule has 58 valence electrons. The van der Waals surface area contributed by atoms with Crippen LogP contribution in [0.3, 0.4) is 0 Å². The summed E-state index contributed by atoms with van der Waals surface area (Å²) in [6, 6.07) is 0. The molecule has 1 nitrogen and oxygen atoms in total. The number of hydrogen-bond acceptors (Lipinski definition) is 1. The van der Waals surface area contributed by atoms with Gasteiger partial charge in [-0.3, -0.25) is 4.79 Å². The molecule has 0 amide bonds. The van der Waals surface area contributed by atoms with Crippen LogP contribution in [0.1, 0.15) is 20.3 Å². The molecule has 0 aromatic carbocycles. The van der Waals surface area contributed by atoms with Crippen LogP contribution in [0.4, 0.5) is 8.78 Å². The molecule has 0 aliphatic carbocycles. The van der Waals surface area contributed by atoms with E-state index in [2.05, 4.69) is 6.58 Å². The number of carbonyl (C=O) groups is 1. The summed E-state index contributed by atoms with van der Waals surface area (Å²) in [5, 5.41) is 0. The summed E-state index contributed by atoms with van der Waals surface area (Å²) in [4.78, 5) is 10.6. The lowest BCUT2D eigenvalue weighted by atomic mass is 10.1. The molecule has 0 N–H and O–H groups in total. The minimum absolute atomic E-state index is 0.182. The van der Waals surface area contributed by atoms with Crippen LogP contribution in [0.15, 0.2) is 12.2 Å². The number of carbonyl (C=O) groups excluding carboxylic acids is 1. The largest absolute Gasteiger partial charge is 0.294 e. The second-order valence-corrected chi connectivity index (χ2v) is 2.45. The van der Waals surface area contributed by atoms with Crippen molar-refractivity contribution in [2.24, 2.45) is 0 Å². The van der Waals surface area contributed by atoms with E-state index in [-0.39, 0.29) is 5.57 Å². The summed E-state index contributed by atoms with van der Waals surface area (Å²) in [7, 11) is 0. The number of rotatable bonds is 3. The molecule has 0 aliphatic rings. The fourth-order valence-electron chi connectivity index (χ4n) is 0.433.